The number of carbonyl (C=O) groups excluding carboxylic acids is 1. The van der Waals surface area contributed by atoms with E-state index in [1.54, 1.807) is 55.8 Å². The minimum Gasteiger partial charge on any atom is -0.478 e. The van der Waals surface area contributed by atoms with Gasteiger partial charge in [0.15, 0.2) is 0 Å². The summed E-state index contributed by atoms with van der Waals surface area (Å²) in [7, 11) is 0. The molecule has 0 saturated heterocycles. The average Bonchev–Trinajstić information content (AvgIpc) is 2.63. The number of hydrogen-bond acceptors (Lipinski definition) is 3. The van der Waals surface area contributed by atoms with Crippen molar-refractivity contribution in [3.05, 3.63) is 36.2 Å². The molecule has 0 bridgehead atoms. The number of pyridine rings is 1. The lowest BCUT2D eigenvalue weighted by atomic mass is 10.2. The number of amides is 1. The molecule has 0 aliphatic rings. The molecule has 0 aliphatic heterocycles. The fourth-order valence-electron chi connectivity index (χ4n) is 1.86. The zero-order valence-corrected chi connectivity index (χ0v) is 11.5. The maximum Gasteiger partial charge on any atom is 0.412 e. The summed E-state index contributed by atoms with van der Waals surface area (Å²) >= 11 is 0. The van der Waals surface area contributed by atoms with Gasteiger partial charge in [0.2, 0.25) is 0 Å². The van der Waals surface area contributed by atoms with Gasteiger partial charge in [0.05, 0.1) is 11.2 Å². The first-order valence-electron chi connectivity index (χ1n) is 6.11. The molecule has 2 aromatic rings. The normalized spacial score (nSPS) is 11.3. The molecular formula is C14H16N2O4. The van der Waals surface area contributed by atoms with E-state index in [4.69, 9.17) is 4.74 Å². The molecule has 0 radical (unpaired) electrons. The Labute approximate surface area is 116 Å². The number of aromatic nitrogens is 1. The zero-order valence-electron chi connectivity index (χ0n) is 11.5. The maximum atomic E-state index is 11.7. The van der Waals surface area contributed by atoms with Crippen LogP contribution in [-0.4, -0.2) is 27.2 Å². The van der Waals surface area contributed by atoms with Crippen LogP contribution in [0.4, 0.5) is 10.5 Å². The van der Waals surface area contributed by atoms with Gasteiger partial charge in [-0.05, 0) is 32.9 Å². The number of anilines is 1. The van der Waals surface area contributed by atoms with E-state index in [0.29, 0.717) is 5.52 Å². The Morgan fingerprint density at radius 1 is 1.30 bits per heavy atom. The molecule has 1 amide bonds. The third-order valence-corrected chi connectivity index (χ3v) is 2.53. The van der Waals surface area contributed by atoms with Gasteiger partial charge in [-0.2, -0.15) is 0 Å². The first-order chi connectivity index (χ1) is 9.28. The summed E-state index contributed by atoms with van der Waals surface area (Å²) in [5, 5.41) is 11.8. The monoisotopic (exact) mass is 276 g/mol. The second kappa shape index (κ2) is 4.88. The second-order valence-electron chi connectivity index (χ2n) is 5.34. The lowest BCUT2D eigenvalue weighted by Gasteiger charge is -2.19. The van der Waals surface area contributed by atoms with Crippen molar-refractivity contribution >= 4 is 23.3 Å². The standard InChI is InChI=1S/C14H16N2O4/c1-14(2,3)20-13(19)15-9-8-16-7-5-4-6-10(16)11(9)12(17)18/h4-8H,1-3H3,(H,15,19)(H,17,18). The van der Waals surface area contributed by atoms with Gasteiger partial charge in [0.25, 0.3) is 0 Å². The fourth-order valence-corrected chi connectivity index (χ4v) is 1.86. The molecule has 0 unspecified atom stereocenters. The minimum absolute atomic E-state index is 0.0384. The number of carboxylic acids is 1. The lowest BCUT2D eigenvalue weighted by molar-refractivity contribution is 0.0636. The number of hydrogen-bond donors (Lipinski definition) is 2. The smallest absolute Gasteiger partial charge is 0.412 e. The first-order valence-corrected chi connectivity index (χ1v) is 6.11. The number of nitrogens with one attached hydrogen (secondary N) is 1. The van der Waals surface area contributed by atoms with Gasteiger partial charge >= 0.3 is 12.1 Å². The number of carbonyl (C=O) groups is 2. The van der Waals surface area contributed by atoms with Crippen LogP contribution in [-0.2, 0) is 4.74 Å². The van der Waals surface area contributed by atoms with E-state index in [1.165, 1.54) is 0 Å². The number of aromatic carboxylic acids is 1. The van der Waals surface area contributed by atoms with E-state index in [1.807, 2.05) is 0 Å². The van der Waals surface area contributed by atoms with Crippen molar-refractivity contribution in [3.63, 3.8) is 0 Å². The van der Waals surface area contributed by atoms with Crippen LogP contribution in [0.3, 0.4) is 0 Å². The van der Waals surface area contributed by atoms with Crippen LogP contribution in [0, 0.1) is 0 Å². The molecular weight excluding hydrogens is 260 g/mol. The van der Waals surface area contributed by atoms with E-state index in [9.17, 15) is 14.7 Å². The van der Waals surface area contributed by atoms with Crippen molar-refractivity contribution < 1.29 is 19.4 Å². The van der Waals surface area contributed by atoms with E-state index in [2.05, 4.69) is 5.32 Å². The van der Waals surface area contributed by atoms with Gasteiger partial charge in [0, 0.05) is 12.4 Å². The van der Waals surface area contributed by atoms with Crippen molar-refractivity contribution in [1.29, 1.82) is 0 Å². The summed E-state index contributed by atoms with van der Waals surface area (Å²) in [6.07, 6.45) is 2.57. The third-order valence-electron chi connectivity index (χ3n) is 2.53. The van der Waals surface area contributed by atoms with Crippen molar-refractivity contribution in [2.45, 2.75) is 26.4 Å². The molecule has 6 heteroatoms. The van der Waals surface area contributed by atoms with Gasteiger partial charge in [-0.1, -0.05) is 6.07 Å². The molecule has 0 spiro atoms. The number of nitrogens with zero attached hydrogens (tertiary/aromatic N) is 1. The summed E-state index contributed by atoms with van der Waals surface area (Å²) in [5.41, 5.74) is 0.104. The Balaban J connectivity index is 2.37. The van der Waals surface area contributed by atoms with Crippen molar-refractivity contribution in [3.8, 4) is 0 Å². The van der Waals surface area contributed by atoms with Crippen molar-refractivity contribution in [2.75, 3.05) is 5.32 Å². The molecule has 0 saturated carbocycles. The van der Waals surface area contributed by atoms with Crippen LogP contribution in [0.2, 0.25) is 0 Å². The maximum absolute atomic E-state index is 11.7. The number of carboxylic acid groups (broad SMARTS) is 1. The van der Waals surface area contributed by atoms with Gasteiger partial charge in [0.1, 0.15) is 11.2 Å². The fraction of sp³-hybridized carbons (Fsp3) is 0.286. The second-order valence-corrected chi connectivity index (χ2v) is 5.34. The highest BCUT2D eigenvalue weighted by Crippen LogP contribution is 2.24. The van der Waals surface area contributed by atoms with E-state index < -0.39 is 17.7 Å². The number of rotatable bonds is 2. The average molecular weight is 276 g/mol. The highest BCUT2D eigenvalue weighted by molar-refractivity contribution is 6.05. The molecule has 2 heterocycles. The Morgan fingerprint density at radius 3 is 2.60 bits per heavy atom. The van der Waals surface area contributed by atoms with Crippen LogP contribution in [0.5, 0.6) is 0 Å². The van der Waals surface area contributed by atoms with Gasteiger partial charge < -0.3 is 14.2 Å². The van der Waals surface area contributed by atoms with Crippen molar-refractivity contribution in [1.82, 2.24) is 4.40 Å². The summed E-state index contributed by atoms with van der Waals surface area (Å²) < 4.78 is 6.76. The molecule has 0 aromatic carbocycles. The predicted octanol–water partition coefficient (Wildman–Crippen LogP) is 2.98. The molecule has 2 rings (SSSR count). The van der Waals surface area contributed by atoms with Gasteiger partial charge in [-0.15, -0.1) is 0 Å². The Morgan fingerprint density at radius 2 is 2.00 bits per heavy atom. The van der Waals surface area contributed by atoms with Crippen LogP contribution in [0.1, 0.15) is 31.1 Å². The van der Waals surface area contributed by atoms with E-state index >= 15 is 0 Å². The molecule has 2 N–H and O–H groups in total. The molecule has 6 nitrogen and oxygen atoms in total. The van der Waals surface area contributed by atoms with Gasteiger partial charge in [-0.3, -0.25) is 5.32 Å². The van der Waals surface area contributed by atoms with E-state index in [-0.39, 0.29) is 11.3 Å². The third kappa shape index (κ3) is 2.90. The number of ether oxygens (including phenoxy) is 1. The Hall–Kier alpha value is -2.50. The number of fused-ring (bicyclic) bond motifs is 1. The minimum atomic E-state index is -1.11. The SMILES string of the molecule is CC(C)(C)OC(=O)Nc1cn2ccccc2c1C(=O)O. The summed E-state index contributed by atoms with van der Waals surface area (Å²) in [4.78, 5) is 23.1. The Bertz CT molecular complexity index is 667. The summed E-state index contributed by atoms with van der Waals surface area (Å²) in [6, 6.07) is 5.18. The van der Waals surface area contributed by atoms with Crippen LogP contribution >= 0.6 is 0 Å². The lowest BCUT2D eigenvalue weighted by Crippen LogP contribution is -2.27. The van der Waals surface area contributed by atoms with Gasteiger partial charge in [-0.25, -0.2) is 9.59 Å². The van der Waals surface area contributed by atoms with E-state index in [0.717, 1.165) is 0 Å². The highest BCUT2D eigenvalue weighted by Gasteiger charge is 2.21. The molecule has 20 heavy (non-hydrogen) atoms. The van der Waals surface area contributed by atoms with Crippen LogP contribution in [0.15, 0.2) is 30.6 Å². The summed E-state index contributed by atoms with van der Waals surface area (Å²) in [6.45, 7) is 5.21. The van der Waals surface area contributed by atoms with Crippen LogP contribution in [0.25, 0.3) is 5.52 Å². The molecule has 0 atom stereocenters. The largest absolute Gasteiger partial charge is 0.478 e. The predicted molar refractivity (Wildman–Crippen MR) is 74.2 cm³/mol. The molecule has 0 fully saturated rings. The molecule has 0 aliphatic carbocycles. The quantitative estimate of drug-likeness (QED) is 0.883. The molecule has 106 valence electrons. The van der Waals surface area contributed by atoms with Crippen molar-refractivity contribution in [2.24, 2.45) is 0 Å². The molecule has 2 aromatic heterocycles. The summed E-state index contributed by atoms with van der Waals surface area (Å²) in [5.74, 6) is -1.11. The first kappa shape index (κ1) is 13.9. The van der Waals surface area contributed by atoms with Crippen LogP contribution < -0.4 is 5.32 Å². The highest BCUT2D eigenvalue weighted by atomic mass is 16.6. The zero-order chi connectivity index (χ0) is 14.9. The topological polar surface area (TPSA) is 80.0 Å². The Kier molecular flexibility index (Phi) is 3.40.